The first-order valence-corrected chi connectivity index (χ1v) is 7.92. The van der Waals surface area contributed by atoms with Gasteiger partial charge in [-0.2, -0.15) is 0 Å². The lowest BCUT2D eigenvalue weighted by atomic mass is 9.78. The Bertz CT molecular complexity index is 339. The van der Waals surface area contributed by atoms with Crippen LogP contribution in [-0.2, 0) is 6.42 Å². The van der Waals surface area contributed by atoms with E-state index in [4.69, 9.17) is 0 Å². The van der Waals surface area contributed by atoms with E-state index in [2.05, 4.69) is 44.9 Å². The summed E-state index contributed by atoms with van der Waals surface area (Å²) < 4.78 is 0. The summed E-state index contributed by atoms with van der Waals surface area (Å²) in [5.74, 6) is 0.727. The molecule has 1 unspecified atom stereocenters. The lowest BCUT2D eigenvalue weighted by Gasteiger charge is -2.31. The predicted molar refractivity (Wildman–Crippen MR) is 81.3 cm³/mol. The zero-order chi connectivity index (χ0) is 13.6. The molecule has 1 heterocycles. The average molecular weight is 268 g/mol. The molecule has 0 fully saturated rings. The minimum atomic E-state index is 0.374. The molecule has 0 amide bonds. The van der Waals surface area contributed by atoms with E-state index >= 15 is 0 Å². The highest BCUT2D eigenvalue weighted by atomic mass is 32.1. The Kier molecular flexibility index (Phi) is 6.30. The van der Waals surface area contributed by atoms with Crippen molar-refractivity contribution in [1.82, 2.24) is 10.3 Å². The van der Waals surface area contributed by atoms with Crippen LogP contribution in [-0.4, -0.2) is 18.1 Å². The normalized spacial score (nSPS) is 13.8. The summed E-state index contributed by atoms with van der Waals surface area (Å²) in [7, 11) is 0. The van der Waals surface area contributed by atoms with E-state index in [0.717, 1.165) is 19.0 Å². The summed E-state index contributed by atoms with van der Waals surface area (Å²) in [6, 6.07) is 0. The van der Waals surface area contributed by atoms with Crippen molar-refractivity contribution in [3.63, 3.8) is 0 Å². The van der Waals surface area contributed by atoms with E-state index in [9.17, 15) is 0 Å². The number of hydrogen-bond donors (Lipinski definition) is 1. The Hall–Kier alpha value is -0.410. The maximum atomic E-state index is 4.34. The molecule has 0 saturated carbocycles. The van der Waals surface area contributed by atoms with Crippen LogP contribution >= 0.6 is 11.3 Å². The van der Waals surface area contributed by atoms with Crippen LogP contribution in [0.2, 0.25) is 0 Å². The van der Waals surface area contributed by atoms with E-state index in [1.165, 1.54) is 29.8 Å². The zero-order valence-electron chi connectivity index (χ0n) is 12.5. The van der Waals surface area contributed by atoms with Crippen molar-refractivity contribution in [2.24, 2.45) is 11.3 Å². The molecule has 3 heteroatoms. The Morgan fingerprint density at radius 3 is 2.61 bits per heavy atom. The fraction of sp³-hybridized carbons (Fsp3) is 0.800. The molecule has 1 aromatic heterocycles. The minimum absolute atomic E-state index is 0.374. The Labute approximate surface area is 116 Å². The Balaban J connectivity index is 2.48. The van der Waals surface area contributed by atoms with Crippen LogP contribution in [0.1, 0.15) is 51.1 Å². The number of hydrogen-bond acceptors (Lipinski definition) is 3. The van der Waals surface area contributed by atoms with Gasteiger partial charge in [-0.15, -0.1) is 11.3 Å². The lowest BCUT2D eigenvalue weighted by molar-refractivity contribution is 0.219. The molecule has 104 valence electrons. The van der Waals surface area contributed by atoms with Gasteiger partial charge in [-0.25, -0.2) is 4.98 Å². The predicted octanol–water partition coefficient (Wildman–Crippen LogP) is 4.05. The fourth-order valence-corrected chi connectivity index (χ4v) is 2.96. The third-order valence-electron chi connectivity index (χ3n) is 3.61. The summed E-state index contributed by atoms with van der Waals surface area (Å²) in [6.45, 7) is 13.7. The largest absolute Gasteiger partial charge is 0.316 e. The fourth-order valence-electron chi connectivity index (χ4n) is 2.17. The van der Waals surface area contributed by atoms with Gasteiger partial charge in [0.05, 0.1) is 11.2 Å². The van der Waals surface area contributed by atoms with Crippen LogP contribution in [0.5, 0.6) is 0 Å². The number of thiazole rings is 1. The maximum absolute atomic E-state index is 4.34. The van der Waals surface area contributed by atoms with E-state index in [0.29, 0.717) is 5.41 Å². The molecule has 0 radical (unpaired) electrons. The van der Waals surface area contributed by atoms with Crippen molar-refractivity contribution in [1.29, 1.82) is 0 Å². The average Bonchev–Trinajstić information content (AvgIpc) is 2.67. The Morgan fingerprint density at radius 2 is 2.11 bits per heavy atom. The Morgan fingerprint density at radius 1 is 1.39 bits per heavy atom. The van der Waals surface area contributed by atoms with E-state index in [1.807, 2.05) is 5.51 Å². The number of nitrogens with one attached hydrogen (secondary N) is 1. The molecule has 0 aliphatic rings. The number of aromatic nitrogens is 1. The summed E-state index contributed by atoms with van der Waals surface area (Å²) in [5.41, 5.74) is 3.56. The smallest absolute Gasteiger partial charge is 0.0797 e. The maximum Gasteiger partial charge on any atom is 0.0797 e. The van der Waals surface area contributed by atoms with Gasteiger partial charge < -0.3 is 5.32 Å². The van der Waals surface area contributed by atoms with Crippen molar-refractivity contribution in [3.05, 3.63) is 16.1 Å². The molecule has 0 spiro atoms. The van der Waals surface area contributed by atoms with Crippen LogP contribution in [0, 0.1) is 18.3 Å². The molecule has 0 bridgehead atoms. The van der Waals surface area contributed by atoms with Crippen molar-refractivity contribution in [3.8, 4) is 0 Å². The van der Waals surface area contributed by atoms with Crippen molar-refractivity contribution >= 4 is 11.3 Å². The number of aryl methyl sites for hydroxylation is 2. The molecule has 2 nitrogen and oxygen atoms in total. The second-order valence-corrected chi connectivity index (χ2v) is 7.11. The summed E-state index contributed by atoms with van der Waals surface area (Å²) in [6.07, 6.45) is 3.64. The van der Waals surface area contributed by atoms with Crippen LogP contribution in [0.4, 0.5) is 0 Å². The lowest BCUT2D eigenvalue weighted by Crippen LogP contribution is -2.32. The summed E-state index contributed by atoms with van der Waals surface area (Å²) in [4.78, 5) is 5.79. The molecule has 1 N–H and O–H groups in total. The van der Waals surface area contributed by atoms with Gasteiger partial charge >= 0.3 is 0 Å². The van der Waals surface area contributed by atoms with Gasteiger partial charge in [-0.3, -0.25) is 0 Å². The molecule has 18 heavy (non-hydrogen) atoms. The van der Waals surface area contributed by atoms with E-state index < -0.39 is 0 Å². The number of nitrogens with zero attached hydrogens (tertiary/aromatic N) is 1. The van der Waals surface area contributed by atoms with Gasteiger partial charge in [0.15, 0.2) is 0 Å². The first-order valence-electron chi connectivity index (χ1n) is 7.04. The van der Waals surface area contributed by atoms with Gasteiger partial charge in [-0.1, -0.05) is 27.7 Å². The van der Waals surface area contributed by atoms with Gasteiger partial charge in [0.1, 0.15) is 0 Å². The molecule has 0 aliphatic heterocycles. The zero-order valence-corrected chi connectivity index (χ0v) is 13.4. The van der Waals surface area contributed by atoms with Crippen LogP contribution < -0.4 is 5.32 Å². The molecular formula is C15H28N2S. The van der Waals surface area contributed by atoms with Crippen LogP contribution in [0.3, 0.4) is 0 Å². The van der Waals surface area contributed by atoms with E-state index in [-0.39, 0.29) is 0 Å². The van der Waals surface area contributed by atoms with Crippen LogP contribution in [0.15, 0.2) is 5.51 Å². The van der Waals surface area contributed by atoms with Gasteiger partial charge in [-0.05, 0) is 50.6 Å². The van der Waals surface area contributed by atoms with Gasteiger partial charge in [0.2, 0.25) is 0 Å². The van der Waals surface area contributed by atoms with Crippen molar-refractivity contribution < 1.29 is 0 Å². The molecule has 1 atom stereocenters. The monoisotopic (exact) mass is 268 g/mol. The van der Waals surface area contributed by atoms with Crippen LogP contribution in [0.25, 0.3) is 0 Å². The van der Waals surface area contributed by atoms with Gasteiger partial charge in [0.25, 0.3) is 0 Å². The second-order valence-electron chi connectivity index (χ2n) is 6.17. The van der Waals surface area contributed by atoms with E-state index in [1.54, 1.807) is 11.3 Å². The molecular weight excluding hydrogens is 240 g/mol. The SMILES string of the molecule is CCCNCC(CCc1scnc1C)C(C)(C)C. The van der Waals surface area contributed by atoms with Gasteiger partial charge in [0, 0.05) is 4.88 Å². The topological polar surface area (TPSA) is 24.9 Å². The quantitative estimate of drug-likeness (QED) is 0.755. The molecule has 1 aromatic rings. The van der Waals surface area contributed by atoms with Crippen molar-refractivity contribution in [2.45, 2.75) is 53.9 Å². The summed E-state index contributed by atoms with van der Waals surface area (Å²) in [5, 5.41) is 3.57. The third kappa shape index (κ3) is 5.07. The standard InChI is InChI=1S/C15H28N2S/c1-6-9-16-10-13(15(3,4)5)7-8-14-12(2)17-11-18-14/h11,13,16H,6-10H2,1-5H3. The number of rotatable bonds is 7. The molecule has 1 rings (SSSR count). The van der Waals surface area contributed by atoms with Crippen molar-refractivity contribution in [2.75, 3.05) is 13.1 Å². The third-order valence-corrected chi connectivity index (χ3v) is 4.60. The first kappa shape index (κ1) is 15.6. The molecule has 0 aromatic carbocycles. The first-order chi connectivity index (χ1) is 8.45. The second kappa shape index (κ2) is 7.25. The minimum Gasteiger partial charge on any atom is -0.316 e. The highest BCUT2D eigenvalue weighted by Crippen LogP contribution is 2.30. The highest BCUT2D eigenvalue weighted by Gasteiger charge is 2.24. The summed E-state index contributed by atoms with van der Waals surface area (Å²) >= 11 is 1.80. The highest BCUT2D eigenvalue weighted by molar-refractivity contribution is 7.09. The molecule has 0 saturated heterocycles. The molecule has 0 aliphatic carbocycles.